The number of morpholine rings is 1. The van der Waals surface area contributed by atoms with Gasteiger partial charge >= 0.3 is 0 Å². The first-order valence-electron chi connectivity index (χ1n) is 7.05. The highest BCUT2D eigenvalue weighted by atomic mass is 35.5. The Morgan fingerprint density at radius 3 is 3.05 bits per heavy atom. The van der Waals surface area contributed by atoms with Crippen molar-refractivity contribution in [3.05, 3.63) is 34.6 Å². The van der Waals surface area contributed by atoms with Crippen LogP contribution in [0.1, 0.15) is 24.2 Å². The van der Waals surface area contributed by atoms with Gasteiger partial charge in [0.1, 0.15) is 5.82 Å². The maximum absolute atomic E-state index is 13.7. The van der Waals surface area contributed by atoms with E-state index in [4.69, 9.17) is 16.3 Å². The van der Waals surface area contributed by atoms with E-state index in [1.54, 1.807) is 0 Å². The van der Waals surface area contributed by atoms with Crippen LogP contribution < -0.4 is 5.32 Å². The average molecular weight is 315 g/mol. The van der Waals surface area contributed by atoms with E-state index in [-0.39, 0.29) is 16.6 Å². The van der Waals surface area contributed by atoms with Gasteiger partial charge < -0.3 is 10.1 Å². The van der Waals surface area contributed by atoms with Crippen molar-refractivity contribution < 1.29 is 13.9 Å². The molecule has 0 aromatic heterocycles. The summed E-state index contributed by atoms with van der Waals surface area (Å²) in [5.74, 6) is -1.02. The predicted octanol–water partition coefficient (Wildman–Crippen LogP) is 2.32. The smallest absolute Gasteiger partial charge is 0.254 e. The first-order chi connectivity index (χ1) is 9.99. The number of carbonyl (C=O) groups excluding carboxylic acids is 1. The summed E-state index contributed by atoms with van der Waals surface area (Å²) < 4.78 is 19.1. The Kier molecular flexibility index (Phi) is 5.56. The van der Waals surface area contributed by atoms with Crippen molar-refractivity contribution in [3.8, 4) is 0 Å². The highest BCUT2D eigenvalue weighted by Crippen LogP contribution is 2.15. The topological polar surface area (TPSA) is 41.6 Å². The Morgan fingerprint density at radius 1 is 1.62 bits per heavy atom. The fraction of sp³-hybridized carbons (Fsp3) is 0.533. The normalized spacial score (nSPS) is 21.0. The number of hydrogen-bond acceptors (Lipinski definition) is 3. The van der Waals surface area contributed by atoms with E-state index in [0.717, 1.165) is 12.6 Å². The zero-order valence-corrected chi connectivity index (χ0v) is 13.0. The molecule has 2 atom stereocenters. The van der Waals surface area contributed by atoms with E-state index in [1.165, 1.54) is 12.1 Å². The summed E-state index contributed by atoms with van der Waals surface area (Å²) in [6.45, 7) is 6.84. The van der Waals surface area contributed by atoms with Gasteiger partial charge in [-0.1, -0.05) is 11.6 Å². The molecule has 0 radical (unpaired) electrons. The molecule has 1 aromatic carbocycles. The molecule has 6 heteroatoms. The summed E-state index contributed by atoms with van der Waals surface area (Å²) in [5, 5.41) is 3.05. The standard InChI is InChI=1S/C15H20ClFN2O2/c1-10(19-5-6-21-9-11(19)2)8-18-15(20)13-4-3-12(16)7-14(13)17/h3-4,7,10-11H,5-6,8-9H2,1-2H3,(H,18,20)/t10-,11-/m1/s1. The third kappa shape index (κ3) is 4.15. The largest absolute Gasteiger partial charge is 0.379 e. The molecular weight excluding hydrogens is 295 g/mol. The summed E-state index contributed by atoms with van der Waals surface area (Å²) in [5.41, 5.74) is 0.0154. The van der Waals surface area contributed by atoms with Gasteiger partial charge in [-0.25, -0.2) is 4.39 Å². The fourth-order valence-electron chi connectivity index (χ4n) is 2.52. The number of hydrogen-bond donors (Lipinski definition) is 1. The van der Waals surface area contributed by atoms with Crippen molar-refractivity contribution >= 4 is 17.5 Å². The lowest BCUT2D eigenvalue weighted by Gasteiger charge is -2.37. The van der Waals surface area contributed by atoms with E-state index in [0.29, 0.717) is 25.8 Å². The summed E-state index contributed by atoms with van der Waals surface area (Å²) in [7, 11) is 0. The third-order valence-corrected chi connectivity index (χ3v) is 3.95. The van der Waals surface area contributed by atoms with Gasteiger partial charge in [0.05, 0.1) is 18.8 Å². The molecule has 21 heavy (non-hydrogen) atoms. The molecule has 0 unspecified atom stereocenters. The second-order valence-corrected chi connectivity index (χ2v) is 5.78. The number of nitrogens with zero attached hydrogens (tertiary/aromatic N) is 1. The van der Waals surface area contributed by atoms with Crippen molar-refractivity contribution in [2.75, 3.05) is 26.3 Å². The van der Waals surface area contributed by atoms with E-state index < -0.39 is 11.7 Å². The van der Waals surface area contributed by atoms with Gasteiger partial charge in [-0.05, 0) is 32.0 Å². The number of ether oxygens (including phenoxy) is 1. The molecule has 0 saturated carbocycles. The van der Waals surface area contributed by atoms with E-state index in [2.05, 4.69) is 17.1 Å². The zero-order valence-electron chi connectivity index (χ0n) is 12.2. The SMILES string of the molecule is C[C@H](CNC(=O)c1ccc(Cl)cc1F)N1CCOC[C@H]1C. The first-order valence-corrected chi connectivity index (χ1v) is 7.43. The lowest BCUT2D eigenvalue weighted by Crippen LogP contribution is -2.51. The van der Waals surface area contributed by atoms with Gasteiger partial charge in [-0.2, -0.15) is 0 Å². The molecule has 1 heterocycles. The quantitative estimate of drug-likeness (QED) is 0.927. The van der Waals surface area contributed by atoms with Gasteiger partial charge in [0.2, 0.25) is 0 Å². The Balaban J connectivity index is 1.91. The van der Waals surface area contributed by atoms with Gasteiger partial charge in [0.25, 0.3) is 5.91 Å². The van der Waals surface area contributed by atoms with Crippen molar-refractivity contribution in [1.82, 2.24) is 10.2 Å². The Labute approximate surface area is 129 Å². The van der Waals surface area contributed by atoms with Gasteiger partial charge in [-0.15, -0.1) is 0 Å². The molecule has 4 nitrogen and oxygen atoms in total. The average Bonchev–Trinajstić information content (AvgIpc) is 2.45. The Bertz CT molecular complexity index is 512. The molecule has 116 valence electrons. The molecule has 0 spiro atoms. The van der Waals surface area contributed by atoms with Crippen LogP contribution in [0, 0.1) is 5.82 Å². The number of nitrogens with one attached hydrogen (secondary N) is 1. The molecule has 1 amide bonds. The van der Waals surface area contributed by atoms with Crippen molar-refractivity contribution in [2.24, 2.45) is 0 Å². The molecular formula is C15H20ClFN2O2. The lowest BCUT2D eigenvalue weighted by molar-refractivity contribution is -0.0178. The second kappa shape index (κ2) is 7.20. The van der Waals surface area contributed by atoms with E-state index in [1.807, 2.05) is 6.92 Å². The maximum atomic E-state index is 13.7. The molecule has 1 aromatic rings. The summed E-state index contributed by atoms with van der Waals surface area (Å²) >= 11 is 5.68. The third-order valence-electron chi connectivity index (χ3n) is 3.72. The molecule has 1 saturated heterocycles. The van der Waals surface area contributed by atoms with Crippen LogP contribution in [0.25, 0.3) is 0 Å². The number of rotatable bonds is 4. The number of halogens is 2. The van der Waals surface area contributed by atoms with Crippen molar-refractivity contribution in [3.63, 3.8) is 0 Å². The minimum Gasteiger partial charge on any atom is -0.379 e. The van der Waals surface area contributed by atoms with Crippen LogP contribution in [0.5, 0.6) is 0 Å². The number of carbonyl (C=O) groups is 1. The predicted molar refractivity (Wildman–Crippen MR) is 80.2 cm³/mol. The Morgan fingerprint density at radius 2 is 2.38 bits per heavy atom. The van der Waals surface area contributed by atoms with Crippen LogP contribution in [0.2, 0.25) is 5.02 Å². The fourth-order valence-corrected chi connectivity index (χ4v) is 2.68. The van der Waals surface area contributed by atoms with Crippen LogP contribution in [-0.2, 0) is 4.74 Å². The molecule has 1 aliphatic rings. The summed E-state index contributed by atoms with van der Waals surface area (Å²) in [6, 6.07) is 4.53. The van der Waals surface area contributed by atoms with Crippen LogP contribution in [-0.4, -0.2) is 49.2 Å². The van der Waals surface area contributed by atoms with Crippen molar-refractivity contribution in [1.29, 1.82) is 0 Å². The molecule has 0 bridgehead atoms. The van der Waals surface area contributed by atoms with Gasteiger partial charge in [0.15, 0.2) is 0 Å². The monoisotopic (exact) mass is 314 g/mol. The minimum atomic E-state index is -0.604. The van der Waals surface area contributed by atoms with Crippen molar-refractivity contribution in [2.45, 2.75) is 25.9 Å². The second-order valence-electron chi connectivity index (χ2n) is 5.34. The van der Waals surface area contributed by atoms with Crippen LogP contribution in [0.3, 0.4) is 0 Å². The minimum absolute atomic E-state index is 0.0154. The maximum Gasteiger partial charge on any atom is 0.254 e. The summed E-state index contributed by atoms with van der Waals surface area (Å²) in [6.07, 6.45) is 0. The number of benzene rings is 1. The van der Waals surface area contributed by atoms with Crippen LogP contribution >= 0.6 is 11.6 Å². The molecule has 1 N–H and O–H groups in total. The highest BCUT2D eigenvalue weighted by Gasteiger charge is 2.24. The molecule has 1 fully saturated rings. The molecule has 1 aliphatic heterocycles. The first kappa shape index (κ1) is 16.2. The Hall–Kier alpha value is -1.17. The van der Waals surface area contributed by atoms with Crippen LogP contribution in [0.15, 0.2) is 18.2 Å². The lowest BCUT2D eigenvalue weighted by atomic mass is 10.1. The van der Waals surface area contributed by atoms with Gasteiger partial charge in [0, 0.05) is 30.2 Å². The molecule has 2 rings (SSSR count). The molecule has 0 aliphatic carbocycles. The van der Waals surface area contributed by atoms with E-state index >= 15 is 0 Å². The van der Waals surface area contributed by atoms with E-state index in [9.17, 15) is 9.18 Å². The zero-order chi connectivity index (χ0) is 15.4. The highest BCUT2D eigenvalue weighted by molar-refractivity contribution is 6.30. The summed E-state index contributed by atoms with van der Waals surface area (Å²) in [4.78, 5) is 14.3. The van der Waals surface area contributed by atoms with Gasteiger partial charge in [-0.3, -0.25) is 9.69 Å². The number of amides is 1. The van der Waals surface area contributed by atoms with Crippen LogP contribution in [0.4, 0.5) is 4.39 Å².